The number of nitrogens with one attached hydrogen (secondary N) is 2. The lowest BCUT2D eigenvalue weighted by molar-refractivity contribution is 0.0888. The van der Waals surface area contributed by atoms with Gasteiger partial charge in [-0.05, 0) is 26.8 Å². The third-order valence-electron chi connectivity index (χ3n) is 5.09. The fourth-order valence-electron chi connectivity index (χ4n) is 3.20. The monoisotopic (exact) mass is 483 g/mol. The highest BCUT2D eigenvalue weighted by atomic mass is 127. The van der Waals surface area contributed by atoms with Gasteiger partial charge in [-0.1, -0.05) is 0 Å². The predicted octanol–water partition coefficient (Wildman–Crippen LogP) is 0.849. The van der Waals surface area contributed by atoms with Gasteiger partial charge in [-0.25, -0.2) is 0 Å². The highest BCUT2D eigenvalue weighted by Crippen LogP contribution is 2.12. The molecule has 0 aromatic rings. The molecule has 26 heavy (non-hydrogen) atoms. The Hall–Kier alpha value is -0.160. The minimum absolute atomic E-state index is 0. The quantitative estimate of drug-likeness (QED) is 0.220. The molecule has 2 atom stereocenters. The van der Waals surface area contributed by atoms with Crippen LogP contribution in [0, 0.1) is 5.92 Å². The summed E-state index contributed by atoms with van der Waals surface area (Å²) in [6, 6.07) is 0.518. The summed E-state index contributed by atoms with van der Waals surface area (Å²) in [7, 11) is 4.02. The lowest BCUT2D eigenvalue weighted by atomic mass is 10.1. The fraction of sp³-hybridized carbons (Fsp3) is 0.944. The van der Waals surface area contributed by atoms with Crippen LogP contribution in [0.2, 0.25) is 0 Å². The molecule has 0 amide bonds. The minimum Gasteiger partial charge on any atom is -0.381 e. The SMILES string of the molecule is CN=C(NCCCOCC1CCOC1)NCC(C)N1CCN(C)CC1.I. The van der Waals surface area contributed by atoms with Crippen molar-refractivity contribution in [1.82, 2.24) is 20.4 Å². The normalized spacial score (nSPS) is 23.5. The summed E-state index contributed by atoms with van der Waals surface area (Å²) in [5.41, 5.74) is 0. The third kappa shape index (κ3) is 9.16. The molecule has 0 aliphatic carbocycles. The van der Waals surface area contributed by atoms with Crippen LogP contribution < -0.4 is 10.6 Å². The Morgan fingerprint density at radius 1 is 1.27 bits per heavy atom. The summed E-state index contributed by atoms with van der Waals surface area (Å²) in [5, 5.41) is 6.81. The standard InChI is InChI=1S/C18H37N5O2.HI/c1-16(23-9-7-22(3)8-10-23)13-21-18(19-2)20-6-4-11-24-14-17-5-12-25-15-17;/h16-17H,4-15H2,1-3H3,(H2,19,20,21);1H. The summed E-state index contributed by atoms with van der Waals surface area (Å²) in [6.07, 6.45) is 2.13. The molecule has 0 aromatic heterocycles. The van der Waals surface area contributed by atoms with Gasteiger partial charge in [0.15, 0.2) is 5.96 Å². The molecule has 2 unspecified atom stereocenters. The van der Waals surface area contributed by atoms with E-state index in [2.05, 4.69) is 39.4 Å². The first-order valence-electron chi connectivity index (χ1n) is 9.71. The van der Waals surface area contributed by atoms with Crippen LogP contribution in [0.3, 0.4) is 0 Å². The van der Waals surface area contributed by atoms with E-state index in [1.807, 2.05) is 7.05 Å². The van der Waals surface area contributed by atoms with E-state index in [1.54, 1.807) is 0 Å². The Bertz CT molecular complexity index is 386. The van der Waals surface area contributed by atoms with E-state index in [4.69, 9.17) is 9.47 Å². The highest BCUT2D eigenvalue weighted by molar-refractivity contribution is 14.0. The van der Waals surface area contributed by atoms with Crippen LogP contribution >= 0.6 is 24.0 Å². The molecule has 7 nitrogen and oxygen atoms in total. The number of rotatable bonds is 9. The van der Waals surface area contributed by atoms with Crippen molar-refractivity contribution in [2.24, 2.45) is 10.9 Å². The first-order chi connectivity index (χ1) is 12.2. The van der Waals surface area contributed by atoms with Crippen molar-refractivity contribution >= 4 is 29.9 Å². The molecule has 0 aromatic carbocycles. The Labute approximate surface area is 176 Å². The van der Waals surface area contributed by atoms with Crippen molar-refractivity contribution < 1.29 is 9.47 Å². The second kappa shape index (κ2) is 13.9. The maximum absolute atomic E-state index is 5.73. The largest absolute Gasteiger partial charge is 0.381 e. The number of halogens is 1. The van der Waals surface area contributed by atoms with E-state index < -0.39 is 0 Å². The predicted molar refractivity (Wildman–Crippen MR) is 118 cm³/mol. The van der Waals surface area contributed by atoms with Gasteiger partial charge in [0.25, 0.3) is 0 Å². The summed E-state index contributed by atoms with van der Waals surface area (Å²) in [4.78, 5) is 9.24. The second-order valence-corrected chi connectivity index (χ2v) is 7.23. The molecular weight excluding hydrogens is 445 g/mol. The molecule has 154 valence electrons. The van der Waals surface area contributed by atoms with Crippen LogP contribution in [0.25, 0.3) is 0 Å². The van der Waals surface area contributed by atoms with Crippen molar-refractivity contribution in [3.05, 3.63) is 0 Å². The van der Waals surface area contributed by atoms with Crippen molar-refractivity contribution in [3.63, 3.8) is 0 Å². The van der Waals surface area contributed by atoms with Crippen molar-refractivity contribution in [3.8, 4) is 0 Å². The van der Waals surface area contributed by atoms with E-state index in [9.17, 15) is 0 Å². The zero-order valence-electron chi connectivity index (χ0n) is 16.7. The molecule has 2 aliphatic rings. The molecule has 0 saturated carbocycles. The first-order valence-corrected chi connectivity index (χ1v) is 9.71. The van der Waals surface area contributed by atoms with E-state index in [0.717, 1.165) is 84.5 Å². The van der Waals surface area contributed by atoms with Crippen molar-refractivity contribution in [1.29, 1.82) is 0 Å². The molecule has 0 spiro atoms. The van der Waals surface area contributed by atoms with Crippen LogP contribution in [0.1, 0.15) is 19.8 Å². The average Bonchev–Trinajstić information content (AvgIpc) is 3.14. The molecule has 0 bridgehead atoms. The maximum atomic E-state index is 5.73. The van der Waals surface area contributed by atoms with Crippen molar-refractivity contribution in [2.75, 3.05) is 79.8 Å². The van der Waals surface area contributed by atoms with E-state index >= 15 is 0 Å². The Balaban J connectivity index is 0.00000338. The average molecular weight is 483 g/mol. The zero-order valence-corrected chi connectivity index (χ0v) is 19.0. The van der Waals surface area contributed by atoms with Gasteiger partial charge in [0.2, 0.25) is 0 Å². The van der Waals surface area contributed by atoms with E-state index in [-0.39, 0.29) is 24.0 Å². The maximum Gasteiger partial charge on any atom is 0.191 e. The molecule has 2 N–H and O–H groups in total. The number of likely N-dealkylation sites (N-methyl/N-ethyl adjacent to an activating group) is 1. The van der Waals surface area contributed by atoms with Gasteiger partial charge in [0.05, 0.1) is 13.2 Å². The van der Waals surface area contributed by atoms with Gasteiger partial charge >= 0.3 is 0 Å². The topological polar surface area (TPSA) is 61.4 Å². The summed E-state index contributed by atoms with van der Waals surface area (Å²) in [5.74, 6) is 1.48. The Morgan fingerprint density at radius 3 is 2.69 bits per heavy atom. The number of aliphatic imine (C=N–C) groups is 1. The van der Waals surface area contributed by atoms with Gasteiger partial charge in [-0.2, -0.15) is 0 Å². The highest BCUT2D eigenvalue weighted by Gasteiger charge is 2.19. The molecule has 2 aliphatic heterocycles. The summed E-state index contributed by atoms with van der Waals surface area (Å²) >= 11 is 0. The number of piperazine rings is 1. The number of guanidine groups is 1. The third-order valence-corrected chi connectivity index (χ3v) is 5.09. The van der Waals surface area contributed by atoms with Crippen molar-refractivity contribution in [2.45, 2.75) is 25.8 Å². The van der Waals surface area contributed by atoms with Crippen LogP contribution in [0.5, 0.6) is 0 Å². The Morgan fingerprint density at radius 2 is 2.04 bits per heavy atom. The molecule has 2 heterocycles. The van der Waals surface area contributed by atoms with Gasteiger partial charge in [-0.15, -0.1) is 24.0 Å². The molecule has 2 saturated heterocycles. The number of hydrogen-bond acceptors (Lipinski definition) is 5. The van der Waals surface area contributed by atoms with Gasteiger partial charge in [0, 0.05) is 71.5 Å². The number of hydrogen-bond donors (Lipinski definition) is 2. The first kappa shape index (κ1) is 23.9. The van der Waals surface area contributed by atoms with Crippen LogP contribution in [-0.2, 0) is 9.47 Å². The lowest BCUT2D eigenvalue weighted by Crippen LogP contribution is -2.52. The minimum atomic E-state index is 0. The Kier molecular flexibility index (Phi) is 12.8. The molecule has 2 fully saturated rings. The number of ether oxygens (including phenoxy) is 2. The van der Waals surface area contributed by atoms with Gasteiger partial charge in [0.1, 0.15) is 0 Å². The fourth-order valence-corrected chi connectivity index (χ4v) is 3.20. The second-order valence-electron chi connectivity index (χ2n) is 7.23. The van der Waals surface area contributed by atoms with Crippen LogP contribution in [-0.4, -0.2) is 102 Å². The zero-order chi connectivity index (χ0) is 17.9. The van der Waals surface area contributed by atoms with Gasteiger partial charge < -0.3 is 25.0 Å². The van der Waals surface area contributed by atoms with E-state index in [1.165, 1.54) is 0 Å². The molecule has 0 radical (unpaired) electrons. The lowest BCUT2D eigenvalue weighted by Gasteiger charge is -2.36. The smallest absolute Gasteiger partial charge is 0.191 e. The molecular formula is C18H38IN5O2. The molecule has 2 rings (SSSR count). The van der Waals surface area contributed by atoms with Crippen LogP contribution in [0.4, 0.5) is 0 Å². The summed E-state index contributed by atoms with van der Waals surface area (Å²) in [6.45, 7) is 12.1. The summed E-state index contributed by atoms with van der Waals surface area (Å²) < 4.78 is 11.1. The van der Waals surface area contributed by atoms with Gasteiger partial charge in [-0.3, -0.25) is 9.89 Å². The molecule has 8 heteroatoms. The van der Waals surface area contributed by atoms with Crippen LogP contribution in [0.15, 0.2) is 4.99 Å². The van der Waals surface area contributed by atoms with E-state index in [0.29, 0.717) is 12.0 Å². The number of nitrogens with zero attached hydrogens (tertiary/aromatic N) is 3.